The number of amides is 1. The Morgan fingerprint density at radius 3 is 2.34 bits per heavy atom. The highest BCUT2D eigenvalue weighted by Crippen LogP contribution is 2.34. The molecule has 0 bridgehead atoms. The number of ether oxygens (including phenoxy) is 1. The average molecular weight is 410 g/mol. The van der Waals surface area contributed by atoms with Crippen molar-refractivity contribution in [3.8, 4) is 0 Å². The van der Waals surface area contributed by atoms with Gasteiger partial charge in [0.2, 0.25) is 0 Å². The second kappa shape index (κ2) is 8.96. The number of esters is 1. The van der Waals surface area contributed by atoms with Gasteiger partial charge in [0.25, 0.3) is 5.91 Å². The molecule has 3 rings (SSSR count). The third kappa shape index (κ3) is 4.68. The number of nitrogens with zero attached hydrogens (tertiary/aromatic N) is 3. The summed E-state index contributed by atoms with van der Waals surface area (Å²) in [6.07, 6.45) is 1.89. The smallest absolute Gasteiger partial charge is 0.337 e. The van der Waals surface area contributed by atoms with E-state index >= 15 is 0 Å². The molecule has 1 aliphatic heterocycles. The van der Waals surface area contributed by atoms with E-state index in [-0.39, 0.29) is 5.91 Å². The van der Waals surface area contributed by atoms with Gasteiger partial charge in [0.15, 0.2) is 5.17 Å². The minimum absolute atomic E-state index is 0.0564. The number of carbonyl (C=O) groups is 2. The Kier molecular flexibility index (Phi) is 6.39. The summed E-state index contributed by atoms with van der Waals surface area (Å²) in [6.45, 7) is 2.45. The predicted molar refractivity (Wildman–Crippen MR) is 119 cm³/mol. The minimum Gasteiger partial charge on any atom is -0.465 e. The molecule has 0 aromatic heterocycles. The van der Waals surface area contributed by atoms with Crippen LogP contribution in [0.2, 0.25) is 0 Å². The maximum absolute atomic E-state index is 12.8. The molecule has 1 fully saturated rings. The minimum atomic E-state index is -0.393. The monoisotopic (exact) mass is 409 g/mol. The van der Waals surface area contributed by atoms with Crippen LogP contribution in [-0.4, -0.2) is 49.7 Å². The van der Waals surface area contributed by atoms with Crippen molar-refractivity contribution in [1.82, 2.24) is 4.90 Å². The van der Waals surface area contributed by atoms with Crippen LogP contribution in [0.25, 0.3) is 6.08 Å². The van der Waals surface area contributed by atoms with Crippen LogP contribution in [0.4, 0.5) is 11.4 Å². The molecule has 0 atom stereocenters. The first kappa shape index (κ1) is 20.7. The topological polar surface area (TPSA) is 62.2 Å². The number of carbonyl (C=O) groups excluding carboxylic acids is 2. The zero-order valence-corrected chi connectivity index (χ0v) is 17.7. The normalized spacial score (nSPS) is 16.6. The second-order valence-electron chi connectivity index (χ2n) is 6.58. The van der Waals surface area contributed by atoms with Gasteiger partial charge in [0.05, 0.1) is 23.3 Å². The summed E-state index contributed by atoms with van der Waals surface area (Å²) >= 11 is 1.35. The molecule has 7 heteroatoms. The van der Waals surface area contributed by atoms with E-state index < -0.39 is 5.97 Å². The fourth-order valence-electron chi connectivity index (χ4n) is 2.79. The standard InChI is InChI=1S/C22H23N3O3S/c1-5-25-20(26)19(14-15-6-12-18(13-7-15)24(2)3)29-22(25)23-17-10-8-16(9-11-17)21(27)28-4/h6-14H,5H2,1-4H3/b19-14+,23-22?. The number of anilines is 1. The molecular formula is C22H23N3O3S. The number of aliphatic imine (C=N–C) groups is 1. The van der Waals surface area contributed by atoms with Gasteiger partial charge in [-0.1, -0.05) is 12.1 Å². The zero-order chi connectivity index (χ0) is 21.0. The lowest BCUT2D eigenvalue weighted by Gasteiger charge is -2.12. The Morgan fingerprint density at radius 1 is 1.14 bits per heavy atom. The number of rotatable bonds is 5. The molecule has 0 N–H and O–H groups in total. The van der Waals surface area contributed by atoms with Crippen LogP contribution in [0.3, 0.4) is 0 Å². The van der Waals surface area contributed by atoms with E-state index in [0.717, 1.165) is 11.3 Å². The van der Waals surface area contributed by atoms with Crippen LogP contribution in [-0.2, 0) is 9.53 Å². The highest BCUT2D eigenvalue weighted by molar-refractivity contribution is 8.18. The summed E-state index contributed by atoms with van der Waals surface area (Å²) in [5, 5.41) is 0.625. The van der Waals surface area contributed by atoms with Crippen molar-refractivity contribution >= 4 is 46.3 Å². The van der Waals surface area contributed by atoms with Gasteiger partial charge in [0, 0.05) is 26.3 Å². The quantitative estimate of drug-likeness (QED) is 0.548. The lowest BCUT2D eigenvalue weighted by atomic mass is 10.2. The number of benzene rings is 2. The molecule has 1 amide bonds. The van der Waals surface area contributed by atoms with E-state index in [9.17, 15) is 9.59 Å². The Balaban J connectivity index is 1.84. The molecule has 150 valence electrons. The molecule has 29 heavy (non-hydrogen) atoms. The van der Waals surface area contributed by atoms with E-state index in [1.807, 2.05) is 56.3 Å². The van der Waals surface area contributed by atoms with Gasteiger partial charge in [-0.2, -0.15) is 0 Å². The maximum atomic E-state index is 12.8. The Bertz CT molecular complexity index is 964. The molecule has 0 unspecified atom stereocenters. The van der Waals surface area contributed by atoms with Crippen LogP contribution in [0, 0.1) is 0 Å². The first-order valence-corrected chi connectivity index (χ1v) is 10.0. The highest BCUT2D eigenvalue weighted by Gasteiger charge is 2.32. The van der Waals surface area contributed by atoms with Gasteiger partial charge in [0.1, 0.15) is 0 Å². The summed E-state index contributed by atoms with van der Waals surface area (Å²) in [5.41, 5.74) is 3.19. The van der Waals surface area contributed by atoms with Crippen LogP contribution >= 0.6 is 11.8 Å². The largest absolute Gasteiger partial charge is 0.465 e. The molecule has 0 spiro atoms. The number of hydrogen-bond donors (Lipinski definition) is 0. The predicted octanol–water partition coefficient (Wildman–Crippen LogP) is 4.16. The maximum Gasteiger partial charge on any atom is 0.337 e. The second-order valence-corrected chi connectivity index (χ2v) is 7.59. The number of thioether (sulfide) groups is 1. The van der Waals surface area contributed by atoms with Gasteiger partial charge >= 0.3 is 5.97 Å². The van der Waals surface area contributed by atoms with Gasteiger partial charge in [-0.3, -0.25) is 9.69 Å². The van der Waals surface area contributed by atoms with Crippen molar-refractivity contribution in [1.29, 1.82) is 0 Å². The molecule has 0 saturated carbocycles. The Morgan fingerprint density at radius 2 is 1.79 bits per heavy atom. The molecule has 1 saturated heterocycles. The van der Waals surface area contributed by atoms with Gasteiger partial charge in [-0.15, -0.1) is 0 Å². The fraction of sp³-hybridized carbons (Fsp3) is 0.227. The van der Waals surface area contributed by atoms with E-state index in [2.05, 4.69) is 4.99 Å². The van der Waals surface area contributed by atoms with E-state index in [1.54, 1.807) is 29.2 Å². The van der Waals surface area contributed by atoms with Crippen molar-refractivity contribution in [2.75, 3.05) is 32.6 Å². The Labute approximate surface area is 174 Å². The third-order valence-corrected chi connectivity index (χ3v) is 5.43. The summed E-state index contributed by atoms with van der Waals surface area (Å²) in [5.74, 6) is -0.450. The lowest BCUT2D eigenvalue weighted by molar-refractivity contribution is -0.122. The molecule has 6 nitrogen and oxygen atoms in total. The molecule has 2 aromatic carbocycles. The van der Waals surface area contributed by atoms with Gasteiger partial charge in [-0.25, -0.2) is 9.79 Å². The number of hydrogen-bond acceptors (Lipinski definition) is 6. The van der Waals surface area contributed by atoms with Crippen molar-refractivity contribution < 1.29 is 14.3 Å². The summed E-state index contributed by atoms with van der Waals surface area (Å²) in [7, 11) is 5.32. The zero-order valence-electron chi connectivity index (χ0n) is 16.9. The molecular weight excluding hydrogens is 386 g/mol. The average Bonchev–Trinajstić information content (AvgIpc) is 3.02. The van der Waals surface area contributed by atoms with Crippen LogP contribution < -0.4 is 4.90 Å². The first-order chi connectivity index (χ1) is 13.9. The number of likely N-dealkylation sites (N-methyl/N-ethyl adjacent to an activating group) is 1. The molecule has 1 aliphatic rings. The van der Waals surface area contributed by atoms with Crippen LogP contribution in [0.15, 0.2) is 58.4 Å². The van der Waals surface area contributed by atoms with Crippen LogP contribution in [0.1, 0.15) is 22.8 Å². The highest BCUT2D eigenvalue weighted by atomic mass is 32.2. The fourth-order valence-corrected chi connectivity index (χ4v) is 3.85. The third-order valence-electron chi connectivity index (χ3n) is 4.42. The first-order valence-electron chi connectivity index (χ1n) is 9.18. The summed E-state index contributed by atoms with van der Waals surface area (Å²) < 4.78 is 4.71. The summed E-state index contributed by atoms with van der Waals surface area (Å²) in [4.78, 5) is 33.3. The number of amidine groups is 1. The molecule has 0 radical (unpaired) electrons. The Hall–Kier alpha value is -3.06. The van der Waals surface area contributed by atoms with Gasteiger partial charge in [-0.05, 0) is 66.7 Å². The van der Waals surface area contributed by atoms with Crippen molar-refractivity contribution in [2.24, 2.45) is 4.99 Å². The van der Waals surface area contributed by atoms with Gasteiger partial charge < -0.3 is 9.64 Å². The van der Waals surface area contributed by atoms with E-state index in [0.29, 0.717) is 27.9 Å². The molecule has 1 heterocycles. The van der Waals surface area contributed by atoms with E-state index in [1.165, 1.54) is 18.9 Å². The van der Waals surface area contributed by atoms with Crippen molar-refractivity contribution in [3.05, 3.63) is 64.6 Å². The summed E-state index contributed by atoms with van der Waals surface area (Å²) in [6, 6.07) is 14.8. The lowest BCUT2D eigenvalue weighted by Crippen LogP contribution is -2.28. The van der Waals surface area contributed by atoms with Crippen molar-refractivity contribution in [3.63, 3.8) is 0 Å². The van der Waals surface area contributed by atoms with E-state index in [4.69, 9.17) is 4.74 Å². The molecule has 0 aliphatic carbocycles. The van der Waals surface area contributed by atoms with Crippen molar-refractivity contribution in [2.45, 2.75) is 6.92 Å². The van der Waals surface area contributed by atoms with Crippen LogP contribution in [0.5, 0.6) is 0 Å². The molecule has 2 aromatic rings. The SMILES string of the molecule is CCN1C(=O)/C(=C\c2ccc(N(C)C)cc2)SC1=Nc1ccc(C(=O)OC)cc1. The number of methoxy groups -OCH3 is 1.